The molecule has 0 atom stereocenters. The van der Waals surface area contributed by atoms with Crippen LogP contribution in [-0.2, 0) is 0 Å². The lowest BCUT2D eigenvalue weighted by Gasteiger charge is -2.29. The molecule has 1 amide bonds. The fourth-order valence-electron chi connectivity index (χ4n) is 3.17. The van der Waals surface area contributed by atoms with Crippen LogP contribution in [0.4, 0.5) is 11.4 Å². The molecule has 2 rings (SSSR count). The molecule has 0 aliphatic carbocycles. The largest absolute Gasteiger partial charge is 0.366 e. The number of amides is 1. The van der Waals surface area contributed by atoms with Gasteiger partial charge in [0.05, 0.1) is 4.92 Å². The van der Waals surface area contributed by atoms with Crippen LogP contribution in [0.15, 0.2) is 18.2 Å². The minimum Gasteiger partial charge on any atom is -0.366 e. The number of anilines is 1. The van der Waals surface area contributed by atoms with Crippen LogP contribution in [-0.4, -0.2) is 29.5 Å². The van der Waals surface area contributed by atoms with Crippen molar-refractivity contribution in [2.75, 3.05) is 18.0 Å². The van der Waals surface area contributed by atoms with Crippen LogP contribution in [0.5, 0.6) is 0 Å². The van der Waals surface area contributed by atoms with Gasteiger partial charge < -0.3 is 10.2 Å². The summed E-state index contributed by atoms with van der Waals surface area (Å²) < 4.78 is 0. The number of nitro groups is 1. The van der Waals surface area contributed by atoms with Crippen molar-refractivity contribution in [2.24, 2.45) is 0 Å². The Balaban J connectivity index is 2.31. The number of terminal acetylenes is 1. The van der Waals surface area contributed by atoms with E-state index >= 15 is 0 Å². The van der Waals surface area contributed by atoms with Crippen molar-refractivity contribution in [3.8, 4) is 12.3 Å². The molecular weight excluding hydrogens is 318 g/mol. The third-order valence-corrected chi connectivity index (χ3v) is 4.97. The zero-order valence-corrected chi connectivity index (χ0v) is 14.9. The molecule has 1 fully saturated rings. The molecule has 1 aliphatic rings. The van der Waals surface area contributed by atoms with E-state index < -0.39 is 10.5 Å². The second kappa shape index (κ2) is 8.02. The number of nitrogens with one attached hydrogen (secondary N) is 1. The van der Waals surface area contributed by atoms with Gasteiger partial charge in [0, 0.05) is 24.7 Å². The van der Waals surface area contributed by atoms with E-state index in [0.717, 1.165) is 32.4 Å². The smallest absolute Gasteiger partial charge is 0.293 e. The number of carbonyl (C=O) groups excluding carboxylic acids is 1. The van der Waals surface area contributed by atoms with Crippen molar-refractivity contribution in [2.45, 2.75) is 51.5 Å². The minimum absolute atomic E-state index is 0.0335. The normalized spacial score (nSPS) is 14.7. The second-order valence-corrected chi connectivity index (χ2v) is 6.40. The number of hydrogen-bond donors (Lipinski definition) is 1. The third-order valence-electron chi connectivity index (χ3n) is 4.97. The molecule has 0 spiro atoms. The summed E-state index contributed by atoms with van der Waals surface area (Å²) in [4.78, 5) is 25.7. The molecule has 1 heterocycles. The molecule has 1 aromatic rings. The molecule has 1 saturated heterocycles. The summed E-state index contributed by atoms with van der Waals surface area (Å²) in [6, 6.07) is 4.67. The molecule has 1 N–H and O–H groups in total. The van der Waals surface area contributed by atoms with E-state index in [-0.39, 0.29) is 17.2 Å². The molecule has 0 radical (unpaired) electrons. The highest BCUT2D eigenvalue weighted by atomic mass is 16.6. The zero-order chi connectivity index (χ0) is 18.4. The van der Waals surface area contributed by atoms with Gasteiger partial charge in [0.15, 0.2) is 0 Å². The van der Waals surface area contributed by atoms with E-state index in [2.05, 4.69) is 11.2 Å². The maximum absolute atomic E-state index is 12.6. The maximum atomic E-state index is 12.6. The van der Waals surface area contributed by atoms with Crippen LogP contribution < -0.4 is 10.2 Å². The first-order valence-electron chi connectivity index (χ1n) is 8.80. The molecular formula is C19H25N3O3. The van der Waals surface area contributed by atoms with E-state index in [1.807, 2.05) is 18.7 Å². The first-order valence-corrected chi connectivity index (χ1v) is 8.80. The molecule has 0 unspecified atom stereocenters. The van der Waals surface area contributed by atoms with Gasteiger partial charge in [0.25, 0.3) is 11.6 Å². The Morgan fingerprint density at radius 1 is 1.32 bits per heavy atom. The molecule has 0 saturated carbocycles. The van der Waals surface area contributed by atoms with Gasteiger partial charge in [-0.05, 0) is 44.2 Å². The summed E-state index contributed by atoms with van der Waals surface area (Å²) in [6.45, 7) is 5.42. The molecule has 0 bridgehead atoms. The van der Waals surface area contributed by atoms with Crippen molar-refractivity contribution < 1.29 is 9.72 Å². The van der Waals surface area contributed by atoms with E-state index in [1.54, 1.807) is 12.1 Å². The third kappa shape index (κ3) is 4.11. The molecule has 134 valence electrons. The Labute approximate surface area is 148 Å². The van der Waals surface area contributed by atoms with Crippen LogP contribution in [0, 0.1) is 22.5 Å². The van der Waals surface area contributed by atoms with Crippen molar-refractivity contribution >= 4 is 17.3 Å². The van der Waals surface area contributed by atoms with Gasteiger partial charge in [0.2, 0.25) is 0 Å². The van der Waals surface area contributed by atoms with Gasteiger partial charge in [-0.1, -0.05) is 19.8 Å². The fraction of sp³-hybridized carbons (Fsp3) is 0.526. The number of rotatable bonds is 6. The second-order valence-electron chi connectivity index (χ2n) is 6.40. The standard InChI is InChI=1S/C19H25N3O3/c1-4-19(5-2,6-3)20-18(23)15-10-11-16(17(14-15)22(24)25)21-12-8-7-9-13-21/h1,10-11,14H,5-9,12-13H2,2-3H3,(H,20,23). The average molecular weight is 343 g/mol. The summed E-state index contributed by atoms with van der Waals surface area (Å²) in [5.41, 5.74) is 0.0792. The van der Waals surface area contributed by atoms with Crippen molar-refractivity contribution in [3.05, 3.63) is 33.9 Å². The van der Waals surface area contributed by atoms with Crippen LogP contribution in [0.2, 0.25) is 0 Å². The summed E-state index contributed by atoms with van der Waals surface area (Å²) in [7, 11) is 0. The first kappa shape index (κ1) is 18.8. The summed E-state index contributed by atoms with van der Waals surface area (Å²) in [6.07, 6.45) is 9.96. The lowest BCUT2D eigenvalue weighted by molar-refractivity contribution is -0.384. The van der Waals surface area contributed by atoms with E-state index in [9.17, 15) is 14.9 Å². The van der Waals surface area contributed by atoms with Gasteiger partial charge in [-0.3, -0.25) is 14.9 Å². The van der Waals surface area contributed by atoms with Crippen LogP contribution in [0.3, 0.4) is 0 Å². The number of hydrogen-bond acceptors (Lipinski definition) is 4. The molecule has 25 heavy (non-hydrogen) atoms. The Kier molecular flexibility index (Phi) is 6.02. The molecule has 1 aliphatic heterocycles. The number of nitrogens with zero attached hydrogens (tertiary/aromatic N) is 2. The highest BCUT2D eigenvalue weighted by molar-refractivity contribution is 5.96. The first-order chi connectivity index (χ1) is 12.0. The van der Waals surface area contributed by atoms with Crippen molar-refractivity contribution in [1.29, 1.82) is 0 Å². The molecule has 1 aromatic carbocycles. The Hall–Kier alpha value is -2.55. The molecule has 6 nitrogen and oxygen atoms in total. The number of carbonyl (C=O) groups is 1. The van der Waals surface area contributed by atoms with E-state index in [4.69, 9.17) is 6.42 Å². The predicted molar refractivity (Wildman–Crippen MR) is 98.8 cm³/mol. The summed E-state index contributed by atoms with van der Waals surface area (Å²) in [5, 5.41) is 14.4. The molecule has 0 aromatic heterocycles. The highest BCUT2D eigenvalue weighted by Gasteiger charge is 2.28. The maximum Gasteiger partial charge on any atom is 0.293 e. The van der Waals surface area contributed by atoms with Gasteiger partial charge in [-0.25, -0.2) is 0 Å². The van der Waals surface area contributed by atoms with E-state index in [1.165, 1.54) is 6.07 Å². The van der Waals surface area contributed by atoms with Gasteiger partial charge in [-0.15, -0.1) is 6.42 Å². The van der Waals surface area contributed by atoms with Gasteiger partial charge >= 0.3 is 0 Å². The van der Waals surface area contributed by atoms with Gasteiger partial charge in [-0.2, -0.15) is 0 Å². The molecule has 6 heteroatoms. The van der Waals surface area contributed by atoms with Crippen LogP contribution >= 0.6 is 0 Å². The lowest BCUT2D eigenvalue weighted by Crippen LogP contribution is -2.46. The quantitative estimate of drug-likeness (QED) is 0.487. The minimum atomic E-state index is -0.725. The summed E-state index contributed by atoms with van der Waals surface area (Å²) in [5.74, 6) is 2.26. The number of benzene rings is 1. The Morgan fingerprint density at radius 3 is 2.48 bits per heavy atom. The lowest BCUT2D eigenvalue weighted by atomic mass is 9.93. The monoisotopic (exact) mass is 343 g/mol. The van der Waals surface area contributed by atoms with Crippen LogP contribution in [0.1, 0.15) is 56.3 Å². The number of piperidine rings is 1. The van der Waals surface area contributed by atoms with Crippen molar-refractivity contribution in [3.63, 3.8) is 0 Å². The van der Waals surface area contributed by atoms with Crippen molar-refractivity contribution in [1.82, 2.24) is 5.32 Å². The van der Waals surface area contributed by atoms with Crippen LogP contribution in [0.25, 0.3) is 0 Å². The van der Waals surface area contributed by atoms with E-state index in [0.29, 0.717) is 18.5 Å². The summed E-state index contributed by atoms with van der Waals surface area (Å²) >= 11 is 0. The SMILES string of the molecule is C#CC(CC)(CC)NC(=O)c1ccc(N2CCCCC2)c([N+](=O)[O-])c1. The predicted octanol–water partition coefficient (Wildman–Crippen LogP) is 3.51. The highest BCUT2D eigenvalue weighted by Crippen LogP contribution is 2.31. The average Bonchev–Trinajstić information content (AvgIpc) is 2.66. The fourth-order valence-corrected chi connectivity index (χ4v) is 3.17. The zero-order valence-electron chi connectivity index (χ0n) is 14.9. The Morgan fingerprint density at radius 2 is 1.96 bits per heavy atom. The number of nitro benzene ring substituents is 1. The van der Waals surface area contributed by atoms with Gasteiger partial charge in [0.1, 0.15) is 11.2 Å². The topological polar surface area (TPSA) is 75.5 Å². The Bertz CT molecular complexity index is 684.